The molecule has 3 heteroatoms. The summed E-state index contributed by atoms with van der Waals surface area (Å²) in [6, 6.07) is 1.01. The van der Waals surface area contributed by atoms with E-state index >= 15 is 0 Å². The first-order valence-electron chi connectivity index (χ1n) is 5.69. The van der Waals surface area contributed by atoms with Crippen molar-refractivity contribution < 1.29 is 4.79 Å². The average molecular weight is 210 g/mol. The maximum Gasteiger partial charge on any atom is 0.245 e. The Morgan fingerprint density at radius 1 is 1.47 bits per heavy atom. The number of carbonyl (C=O) groups is 1. The molecule has 0 bridgehead atoms. The van der Waals surface area contributed by atoms with Crippen LogP contribution in [0.4, 0.5) is 0 Å². The number of likely N-dealkylation sites (N-methyl/N-ethyl adjacent to an activating group) is 1. The van der Waals surface area contributed by atoms with Gasteiger partial charge in [-0.2, -0.15) is 0 Å². The summed E-state index contributed by atoms with van der Waals surface area (Å²) < 4.78 is 0. The van der Waals surface area contributed by atoms with Gasteiger partial charge in [-0.05, 0) is 32.8 Å². The van der Waals surface area contributed by atoms with Gasteiger partial charge in [0.05, 0.1) is 0 Å². The molecule has 0 aromatic heterocycles. The highest BCUT2D eigenvalue weighted by molar-refractivity contribution is 5.87. The fraction of sp³-hybridized carbons (Fsp3) is 0.750. The van der Waals surface area contributed by atoms with Crippen LogP contribution in [0.5, 0.6) is 0 Å². The van der Waals surface area contributed by atoms with Gasteiger partial charge in [-0.1, -0.05) is 6.58 Å². The molecule has 1 amide bonds. The monoisotopic (exact) mass is 210 g/mol. The third kappa shape index (κ3) is 3.06. The second-order valence-corrected chi connectivity index (χ2v) is 4.51. The van der Waals surface area contributed by atoms with E-state index in [0.717, 1.165) is 25.9 Å². The number of rotatable bonds is 3. The average Bonchev–Trinajstić information content (AvgIpc) is 2.27. The van der Waals surface area contributed by atoms with Crippen molar-refractivity contribution in [3.63, 3.8) is 0 Å². The van der Waals surface area contributed by atoms with Gasteiger partial charge in [-0.15, -0.1) is 0 Å². The van der Waals surface area contributed by atoms with E-state index in [1.807, 2.05) is 11.9 Å². The van der Waals surface area contributed by atoms with Gasteiger partial charge in [0.1, 0.15) is 0 Å². The van der Waals surface area contributed by atoms with E-state index in [1.54, 1.807) is 0 Å². The summed E-state index contributed by atoms with van der Waals surface area (Å²) in [5, 5.41) is 0. The number of likely N-dealkylation sites (tertiary alicyclic amines) is 1. The van der Waals surface area contributed by atoms with E-state index < -0.39 is 0 Å². The fourth-order valence-electron chi connectivity index (χ4n) is 2.11. The van der Waals surface area contributed by atoms with Gasteiger partial charge < -0.3 is 9.80 Å². The van der Waals surface area contributed by atoms with Crippen molar-refractivity contribution in [2.45, 2.75) is 38.8 Å². The molecule has 3 nitrogen and oxygen atoms in total. The predicted octanol–water partition coefficient (Wildman–Crippen LogP) is 1.50. The first-order valence-corrected chi connectivity index (χ1v) is 5.69. The summed E-state index contributed by atoms with van der Waals surface area (Å²) in [5.74, 6) is 0.0398. The summed E-state index contributed by atoms with van der Waals surface area (Å²) in [5.41, 5.74) is 0. The minimum Gasteiger partial charge on any atom is -0.339 e. The standard InChI is InChI=1S/C12H22N2O/c1-5-12(15)13(4)11-6-8-14(9-7-11)10(2)3/h5,10-11H,1,6-9H2,2-4H3. The van der Waals surface area contributed by atoms with Gasteiger partial charge in [0.25, 0.3) is 0 Å². The Morgan fingerprint density at radius 3 is 2.40 bits per heavy atom. The molecule has 1 rings (SSSR count). The van der Waals surface area contributed by atoms with Crippen LogP contribution in [-0.4, -0.2) is 47.9 Å². The van der Waals surface area contributed by atoms with Gasteiger partial charge in [-0.3, -0.25) is 4.79 Å². The highest BCUT2D eigenvalue weighted by Gasteiger charge is 2.24. The maximum atomic E-state index is 11.4. The molecule has 0 aliphatic carbocycles. The lowest BCUT2D eigenvalue weighted by atomic mass is 10.0. The Labute approximate surface area is 92.7 Å². The fourth-order valence-corrected chi connectivity index (χ4v) is 2.11. The third-order valence-electron chi connectivity index (χ3n) is 3.30. The van der Waals surface area contributed by atoms with Crippen LogP contribution in [0.25, 0.3) is 0 Å². The van der Waals surface area contributed by atoms with Crippen LogP contribution in [0.15, 0.2) is 12.7 Å². The topological polar surface area (TPSA) is 23.6 Å². The van der Waals surface area contributed by atoms with Crippen LogP contribution in [0.1, 0.15) is 26.7 Å². The SMILES string of the molecule is C=CC(=O)N(C)C1CCN(C(C)C)CC1. The molecular formula is C12H22N2O. The number of amides is 1. The Balaban J connectivity index is 2.43. The summed E-state index contributed by atoms with van der Waals surface area (Å²) >= 11 is 0. The number of hydrogen-bond donors (Lipinski definition) is 0. The molecular weight excluding hydrogens is 188 g/mol. The maximum absolute atomic E-state index is 11.4. The molecule has 0 aromatic rings. The normalized spacial score (nSPS) is 19.2. The van der Waals surface area contributed by atoms with Gasteiger partial charge in [0.15, 0.2) is 0 Å². The second-order valence-electron chi connectivity index (χ2n) is 4.51. The van der Waals surface area contributed by atoms with Gasteiger partial charge in [0.2, 0.25) is 5.91 Å². The van der Waals surface area contributed by atoms with Gasteiger partial charge in [0, 0.05) is 32.2 Å². The lowest BCUT2D eigenvalue weighted by Gasteiger charge is -2.38. The molecule has 0 saturated carbocycles. The van der Waals surface area contributed by atoms with Crippen molar-refractivity contribution in [2.24, 2.45) is 0 Å². The van der Waals surface area contributed by atoms with E-state index in [0.29, 0.717) is 12.1 Å². The Kier molecular flexibility index (Phi) is 4.33. The summed E-state index contributed by atoms with van der Waals surface area (Å²) in [7, 11) is 1.87. The van der Waals surface area contributed by atoms with Crippen molar-refractivity contribution >= 4 is 5.91 Å². The lowest BCUT2D eigenvalue weighted by Crippen LogP contribution is -2.47. The molecule has 1 aliphatic rings. The first-order chi connectivity index (χ1) is 7.06. The number of carbonyl (C=O) groups excluding carboxylic acids is 1. The highest BCUT2D eigenvalue weighted by atomic mass is 16.2. The third-order valence-corrected chi connectivity index (χ3v) is 3.30. The zero-order valence-electron chi connectivity index (χ0n) is 10.1. The van der Waals surface area contributed by atoms with E-state index in [9.17, 15) is 4.79 Å². The number of piperidine rings is 1. The van der Waals surface area contributed by atoms with Crippen LogP contribution in [0.2, 0.25) is 0 Å². The number of nitrogens with zero attached hydrogens (tertiary/aromatic N) is 2. The largest absolute Gasteiger partial charge is 0.339 e. The van der Waals surface area contributed by atoms with E-state index in [-0.39, 0.29) is 5.91 Å². The predicted molar refractivity (Wildman–Crippen MR) is 62.7 cm³/mol. The van der Waals surface area contributed by atoms with Crippen LogP contribution < -0.4 is 0 Å². The zero-order chi connectivity index (χ0) is 11.4. The van der Waals surface area contributed by atoms with Crippen LogP contribution in [-0.2, 0) is 4.79 Å². The van der Waals surface area contributed by atoms with Crippen LogP contribution in [0.3, 0.4) is 0 Å². The molecule has 1 fully saturated rings. The van der Waals surface area contributed by atoms with E-state index in [2.05, 4.69) is 25.3 Å². The highest BCUT2D eigenvalue weighted by Crippen LogP contribution is 2.17. The second kappa shape index (κ2) is 5.31. The molecule has 1 saturated heterocycles. The molecule has 0 N–H and O–H groups in total. The van der Waals surface area contributed by atoms with Crippen molar-refractivity contribution in [1.82, 2.24) is 9.80 Å². The van der Waals surface area contributed by atoms with E-state index in [1.165, 1.54) is 6.08 Å². The molecule has 0 atom stereocenters. The summed E-state index contributed by atoms with van der Waals surface area (Å²) in [6.45, 7) is 10.1. The molecule has 0 unspecified atom stereocenters. The Hall–Kier alpha value is -0.830. The molecule has 0 radical (unpaired) electrons. The summed E-state index contributed by atoms with van der Waals surface area (Å²) in [6.07, 6.45) is 3.55. The van der Waals surface area contributed by atoms with Crippen molar-refractivity contribution in [2.75, 3.05) is 20.1 Å². The minimum atomic E-state index is 0.0398. The smallest absolute Gasteiger partial charge is 0.245 e. The molecule has 1 aliphatic heterocycles. The van der Waals surface area contributed by atoms with Gasteiger partial charge in [-0.25, -0.2) is 0 Å². The van der Waals surface area contributed by atoms with Crippen molar-refractivity contribution in [3.8, 4) is 0 Å². The minimum absolute atomic E-state index is 0.0398. The number of hydrogen-bond acceptors (Lipinski definition) is 2. The van der Waals surface area contributed by atoms with Crippen molar-refractivity contribution in [3.05, 3.63) is 12.7 Å². The zero-order valence-corrected chi connectivity index (χ0v) is 10.1. The molecule has 0 spiro atoms. The lowest BCUT2D eigenvalue weighted by molar-refractivity contribution is -0.127. The van der Waals surface area contributed by atoms with Crippen LogP contribution >= 0.6 is 0 Å². The Morgan fingerprint density at radius 2 is 2.00 bits per heavy atom. The first kappa shape index (κ1) is 12.2. The molecule has 86 valence electrons. The van der Waals surface area contributed by atoms with Gasteiger partial charge >= 0.3 is 0 Å². The van der Waals surface area contributed by atoms with E-state index in [4.69, 9.17) is 0 Å². The molecule has 15 heavy (non-hydrogen) atoms. The molecule has 0 aromatic carbocycles. The quantitative estimate of drug-likeness (QED) is 0.659. The Bertz CT molecular complexity index is 230. The summed E-state index contributed by atoms with van der Waals surface area (Å²) in [4.78, 5) is 15.7. The van der Waals surface area contributed by atoms with Crippen LogP contribution in [0, 0.1) is 0 Å². The molecule has 1 heterocycles. The van der Waals surface area contributed by atoms with Crippen molar-refractivity contribution in [1.29, 1.82) is 0 Å².